The maximum Gasteiger partial charge on any atom is 0.453 e. The lowest BCUT2D eigenvalue weighted by atomic mass is 9.92. The van der Waals surface area contributed by atoms with E-state index < -0.39 is 17.7 Å². The Morgan fingerprint density at radius 3 is 2.29 bits per heavy atom. The van der Waals surface area contributed by atoms with Crippen molar-refractivity contribution in [3.8, 4) is 11.5 Å². The van der Waals surface area contributed by atoms with Gasteiger partial charge in [-0.1, -0.05) is 13.8 Å². The van der Waals surface area contributed by atoms with Gasteiger partial charge in [0.25, 0.3) is 0 Å². The minimum Gasteiger partial charge on any atom is -0.475 e. The van der Waals surface area contributed by atoms with E-state index >= 15 is 0 Å². The molecule has 0 spiro atoms. The fourth-order valence-corrected chi connectivity index (χ4v) is 2.85. The number of aliphatic carboxylic acids is 1. The molecule has 0 bridgehead atoms. The number of hydrogen-bond acceptors (Lipinski definition) is 6. The van der Waals surface area contributed by atoms with Crippen LogP contribution >= 0.6 is 0 Å². The number of aryl methyl sites for hydroxylation is 1. The van der Waals surface area contributed by atoms with Crippen LogP contribution < -0.4 is 9.47 Å². The van der Waals surface area contributed by atoms with E-state index in [-0.39, 0.29) is 23.7 Å². The van der Waals surface area contributed by atoms with Gasteiger partial charge in [-0.05, 0) is 37.0 Å². The highest BCUT2D eigenvalue weighted by molar-refractivity contribution is 6.02. The van der Waals surface area contributed by atoms with Crippen molar-refractivity contribution in [2.45, 2.75) is 45.8 Å². The average molecular weight is 336 g/mol. The number of benzene rings is 1. The van der Waals surface area contributed by atoms with Gasteiger partial charge in [0.2, 0.25) is 0 Å². The van der Waals surface area contributed by atoms with Crippen LogP contribution in [0.1, 0.15) is 37.5 Å². The molecule has 24 heavy (non-hydrogen) atoms. The summed E-state index contributed by atoms with van der Waals surface area (Å²) in [5, 5.41) is 9.44. The van der Waals surface area contributed by atoms with Crippen molar-refractivity contribution in [1.82, 2.24) is 0 Å². The topological polar surface area (TPSA) is 99.1 Å². The molecular weight excluding hydrogens is 316 g/mol. The van der Waals surface area contributed by atoms with Crippen molar-refractivity contribution >= 4 is 17.7 Å². The Kier molecular flexibility index (Phi) is 4.82. The first-order valence-electron chi connectivity index (χ1n) is 7.67. The maximum absolute atomic E-state index is 12.0. The molecule has 0 saturated carbocycles. The van der Waals surface area contributed by atoms with Crippen molar-refractivity contribution in [2.24, 2.45) is 0 Å². The number of carbonyl (C=O) groups excluding carboxylic acids is 2. The molecule has 1 heterocycles. The number of ether oxygens (including phenoxy) is 3. The summed E-state index contributed by atoms with van der Waals surface area (Å²) < 4.78 is 15.3. The molecule has 1 aromatic carbocycles. The quantitative estimate of drug-likeness (QED) is 0.623. The van der Waals surface area contributed by atoms with Crippen molar-refractivity contribution in [3.05, 3.63) is 22.8 Å². The highest BCUT2D eigenvalue weighted by atomic mass is 16.8. The number of rotatable bonds is 6. The first-order valence-corrected chi connectivity index (χ1v) is 7.67. The zero-order chi connectivity index (χ0) is 18.1. The van der Waals surface area contributed by atoms with Crippen molar-refractivity contribution in [1.29, 1.82) is 0 Å². The van der Waals surface area contributed by atoms with Crippen LogP contribution in [-0.4, -0.2) is 35.7 Å². The second-order valence-electron chi connectivity index (χ2n) is 5.52. The van der Waals surface area contributed by atoms with Crippen LogP contribution in [0.3, 0.4) is 0 Å². The number of methoxy groups -OCH3 is 1. The molecule has 1 N–H and O–H groups in total. The van der Waals surface area contributed by atoms with Crippen molar-refractivity contribution < 1.29 is 33.7 Å². The number of ketones is 1. The van der Waals surface area contributed by atoms with Crippen LogP contribution in [-0.2, 0) is 38.4 Å². The van der Waals surface area contributed by atoms with E-state index in [1.165, 1.54) is 6.92 Å². The third-order valence-corrected chi connectivity index (χ3v) is 3.95. The molecule has 0 aromatic heterocycles. The third kappa shape index (κ3) is 2.70. The number of fused-ring (bicyclic) bond motifs is 1. The molecule has 7 nitrogen and oxygen atoms in total. The smallest absolute Gasteiger partial charge is 0.453 e. The van der Waals surface area contributed by atoms with E-state index in [2.05, 4.69) is 4.74 Å². The monoisotopic (exact) mass is 336 g/mol. The summed E-state index contributed by atoms with van der Waals surface area (Å²) >= 11 is 0. The second kappa shape index (κ2) is 6.51. The minimum absolute atomic E-state index is 0.0178. The molecule has 1 aliphatic rings. The number of carboxylic acids is 1. The molecule has 2 rings (SSSR count). The van der Waals surface area contributed by atoms with Crippen molar-refractivity contribution in [3.63, 3.8) is 0 Å². The van der Waals surface area contributed by atoms with Gasteiger partial charge in [0.05, 0.1) is 7.11 Å². The molecule has 1 aromatic rings. The summed E-state index contributed by atoms with van der Waals surface area (Å²) in [6, 6.07) is 1.63. The molecule has 0 fully saturated rings. The number of carboxylic acid groups (broad SMARTS) is 1. The highest BCUT2D eigenvalue weighted by Gasteiger charge is 2.59. The van der Waals surface area contributed by atoms with E-state index in [1.807, 2.05) is 13.8 Å². The fraction of sp³-hybridized carbons (Fsp3) is 0.471. The predicted molar refractivity (Wildman–Crippen MR) is 83.2 cm³/mol. The van der Waals surface area contributed by atoms with Crippen LogP contribution in [0.25, 0.3) is 0 Å². The molecule has 0 amide bonds. The predicted octanol–water partition coefficient (Wildman–Crippen LogP) is 1.67. The van der Waals surface area contributed by atoms with Gasteiger partial charge in [-0.3, -0.25) is 4.79 Å². The van der Waals surface area contributed by atoms with E-state index in [0.717, 1.165) is 18.2 Å². The molecule has 0 radical (unpaired) electrons. The average Bonchev–Trinajstić information content (AvgIpc) is 2.93. The number of esters is 1. The first kappa shape index (κ1) is 17.8. The van der Waals surface area contributed by atoms with E-state index in [4.69, 9.17) is 9.47 Å². The van der Waals surface area contributed by atoms with Gasteiger partial charge >= 0.3 is 17.7 Å². The fourth-order valence-electron chi connectivity index (χ4n) is 2.85. The summed E-state index contributed by atoms with van der Waals surface area (Å²) in [6.45, 7) is 5.27. The highest BCUT2D eigenvalue weighted by Crippen LogP contribution is 2.46. The molecule has 0 aliphatic carbocycles. The van der Waals surface area contributed by atoms with Crippen molar-refractivity contribution in [2.75, 3.05) is 7.11 Å². The summed E-state index contributed by atoms with van der Waals surface area (Å²) in [6.07, 6.45) is 1.34. The van der Waals surface area contributed by atoms with Gasteiger partial charge in [0, 0.05) is 12.0 Å². The van der Waals surface area contributed by atoms with Gasteiger partial charge in [0.1, 0.15) is 5.78 Å². The molecule has 1 unspecified atom stereocenters. The Labute approximate surface area is 139 Å². The Hall–Kier alpha value is -2.57. The molecule has 130 valence electrons. The Bertz CT molecular complexity index is 707. The number of hydrogen-bond donors (Lipinski definition) is 1. The number of carbonyl (C=O) groups is 3. The third-order valence-electron chi connectivity index (χ3n) is 3.95. The molecule has 0 saturated heterocycles. The van der Waals surface area contributed by atoms with Crippen LogP contribution in [0.2, 0.25) is 0 Å². The van der Waals surface area contributed by atoms with Gasteiger partial charge in [-0.25, -0.2) is 9.59 Å². The van der Waals surface area contributed by atoms with Crippen LogP contribution in [0.15, 0.2) is 6.07 Å². The standard InChI is InChI=1S/C17H20O7/c1-5-10-8-13-14(11(6-2)12(10)7-9(3)18)24-17(23-13,15(19)20)16(21)22-4/h8H,5-7H2,1-4H3,(H,19,20). The molecular formula is C17H20O7. The lowest BCUT2D eigenvalue weighted by Crippen LogP contribution is -2.54. The van der Waals surface area contributed by atoms with Crippen LogP contribution in [0.4, 0.5) is 0 Å². The molecule has 7 heteroatoms. The van der Waals surface area contributed by atoms with Gasteiger partial charge in [-0.2, -0.15) is 0 Å². The molecule has 1 atom stereocenters. The van der Waals surface area contributed by atoms with E-state index in [0.29, 0.717) is 18.4 Å². The van der Waals surface area contributed by atoms with E-state index in [1.54, 1.807) is 6.07 Å². The largest absolute Gasteiger partial charge is 0.475 e. The molecule has 1 aliphatic heterocycles. The van der Waals surface area contributed by atoms with E-state index in [9.17, 15) is 19.5 Å². The summed E-state index contributed by atoms with van der Waals surface area (Å²) in [5.41, 5.74) is 2.32. The summed E-state index contributed by atoms with van der Waals surface area (Å²) in [5.74, 6) is -4.97. The zero-order valence-corrected chi connectivity index (χ0v) is 14.1. The van der Waals surface area contributed by atoms with Gasteiger partial charge in [0.15, 0.2) is 11.5 Å². The zero-order valence-electron chi connectivity index (χ0n) is 14.1. The lowest BCUT2D eigenvalue weighted by molar-refractivity contribution is -0.196. The van der Waals surface area contributed by atoms with Crippen LogP contribution in [0.5, 0.6) is 11.5 Å². The SMILES string of the molecule is CCc1cc2c(c(CC)c1CC(C)=O)OC(C(=O)O)(C(=O)OC)O2. The lowest BCUT2D eigenvalue weighted by Gasteiger charge is -2.19. The summed E-state index contributed by atoms with van der Waals surface area (Å²) in [7, 11) is 1.06. The summed E-state index contributed by atoms with van der Waals surface area (Å²) in [4.78, 5) is 35.2. The Balaban J connectivity index is 2.64. The minimum atomic E-state index is -2.55. The number of Topliss-reactive ketones (excluding diaryl/α,β-unsaturated/α-hetero) is 1. The second-order valence-corrected chi connectivity index (χ2v) is 5.52. The normalized spacial score (nSPS) is 18.3. The Morgan fingerprint density at radius 2 is 1.83 bits per heavy atom. The maximum atomic E-state index is 12.0. The van der Waals surface area contributed by atoms with Gasteiger partial charge < -0.3 is 19.3 Å². The van der Waals surface area contributed by atoms with Gasteiger partial charge in [-0.15, -0.1) is 0 Å². The Morgan fingerprint density at radius 1 is 1.17 bits per heavy atom. The first-order chi connectivity index (χ1) is 11.3. The van der Waals surface area contributed by atoms with Crippen LogP contribution in [0, 0.1) is 0 Å².